The summed E-state index contributed by atoms with van der Waals surface area (Å²) in [5.74, 6) is -1.72. The van der Waals surface area contributed by atoms with Crippen LogP contribution in [0.2, 0.25) is 0 Å². The molecule has 0 amide bonds. The Morgan fingerprint density at radius 3 is 2.63 bits per heavy atom. The monoisotopic (exact) mass is 277 g/mol. The molecule has 0 radical (unpaired) electrons. The number of thiophene rings is 1. The fraction of sp³-hybridized carbons (Fsp3) is 0.154. The van der Waals surface area contributed by atoms with E-state index < -0.39 is 16.8 Å². The molecule has 0 saturated heterocycles. The average molecular weight is 277 g/mol. The lowest BCUT2D eigenvalue weighted by Gasteiger charge is -2.10. The first-order valence-corrected chi connectivity index (χ1v) is 6.46. The van der Waals surface area contributed by atoms with Gasteiger partial charge < -0.3 is 5.11 Å². The van der Waals surface area contributed by atoms with Crippen molar-refractivity contribution in [1.29, 1.82) is 0 Å². The Morgan fingerprint density at radius 1 is 1.32 bits per heavy atom. The number of carboxylic acid groups (broad SMARTS) is 1. The molecule has 1 aromatic carbocycles. The summed E-state index contributed by atoms with van der Waals surface area (Å²) in [4.78, 5) is 22.5. The van der Waals surface area contributed by atoms with Crippen LogP contribution < -0.4 is 0 Å². The van der Waals surface area contributed by atoms with Crippen molar-refractivity contribution in [2.24, 2.45) is 0 Å². The van der Waals surface area contributed by atoms with Crippen LogP contribution in [-0.4, -0.2) is 16.0 Å². The quantitative estimate of drug-likeness (QED) is 0.672. The summed E-state index contributed by atoms with van der Waals surface area (Å²) in [5.41, 5.74) is 0.401. The summed E-state index contributed by atoms with van der Waals surface area (Å²) < 4.78 is 0. The summed E-state index contributed by atoms with van der Waals surface area (Å²) in [6.45, 7) is 0. The van der Waals surface area contributed by atoms with E-state index in [1.165, 1.54) is 17.4 Å². The van der Waals surface area contributed by atoms with E-state index in [2.05, 4.69) is 0 Å². The van der Waals surface area contributed by atoms with Crippen LogP contribution in [0.1, 0.15) is 16.4 Å². The predicted octanol–water partition coefficient (Wildman–Crippen LogP) is 3.07. The summed E-state index contributed by atoms with van der Waals surface area (Å²) in [5, 5.41) is 22.0. The molecular weight excluding hydrogens is 266 g/mol. The molecule has 1 heterocycles. The third kappa shape index (κ3) is 2.97. The number of aliphatic carboxylic acids is 1. The van der Waals surface area contributed by atoms with Crippen molar-refractivity contribution < 1.29 is 14.8 Å². The van der Waals surface area contributed by atoms with Gasteiger partial charge in [-0.1, -0.05) is 24.3 Å². The van der Waals surface area contributed by atoms with Gasteiger partial charge in [-0.3, -0.25) is 14.9 Å². The lowest BCUT2D eigenvalue weighted by molar-refractivity contribution is -0.385. The highest BCUT2D eigenvalue weighted by Gasteiger charge is 2.24. The number of hydrogen-bond donors (Lipinski definition) is 1. The minimum atomic E-state index is -0.972. The highest BCUT2D eigenvalue weighted by molar-refractivity contribution is 7.10. The Hall–Kier alpha value is -2.21. The molecule has 6 heteroatoms. The largest absolute Gasteiger partial charge is 0.481 e. The standard InChI is InChI=1S/C13H11NO4S/c15-13(16)10(12-6-3-7-19-12)8-9-4-1-2-5-11(9)14(17)18/h1-7,10H,8H2,(H,15,16). The number of carboxylic acids is 1. The van der Waals surface area contributed by atoms with Crippen LogP contribution in [0, 0.1) is 10.1 Å². The number of nitrogens with zero attached hydrogens (tertiary/aromatic N) is 1. The second-order valence-corrected chi connectivity index (χ2v) is 4.98. The van der Waals surface area contributed by atoms with Crippen molar-refractivity contribution in [2.45, 2.75) is 12.3 Å². The van der Waals surface area contributed by atoms with E-state index in [0.717, 1.165) is 0 Å². The van der Waals surface area contributed by atoms with Crippen molar-refractivity contribution in [2.75, 3.05) is 0 Å². The van der Waals surface area contributed by atoms with E-state index in [0.29, 0.717) is 10.4 Å². The molecule has 0 saturated carbocycles. The number of benzene rings is 1. The first-order chi connectivity index (χ1) is 9.09. The molecule has 1 aromatic heterocycles. The molecular formula is C13H11NO4S. The smallest absolute Gasteiger partial charge is 0.312 e. The van der Waals surface area contributed by atoms with Gasteiger partial charge in [0.1, 0.15) is 0 Å². The molecule has 0 fully saturated rings. The number of nitro benzene ring substituents is 1. The summed E-state index contributed by atoms with van der Waals surface area (Å²) >= 11 is 1.34. The molecule has 98 valence electrons. The molecule has 0 spiro atoms. The van der Waals surface area contributed by atoms with E-state index in [4.69, 9.17) is 0 Å². The van der Waals surface area contributed by atoms with Gasteiger partial charge in [0.25, 0.3) is 5.69 Å². The highest BCUT2D eigenvalue weighted by atomic mass is 32.1. The van der Waals surface area contributed by atoms with Gasteiger partial charge >= 0.3 is 5.97 Å². The Labute approximate surface area is 113 Å². The van der Waals surface area contributed by atoms with Gasteiger partial charge in [-0.25, -0.2) is 0 Å². The van der Waals surface area contributed by atoms with Crippen molar-refractivity contribution in [3.05, 3.63) is 62.3 Å². The van der Waals surface area contributed by atoms with E-state index in [-0.39, 0.29) is 12.1 Å². The second kappa shape index (κ2) is 5.62. The van der Waals surface area contributed by atoms with E-state index in [1.807, 2.05) is 0 Å². The van der Waals surface area contributed by atoms with E-state index in [1.54, 1.807) is 35.7 Å². The van der Waals surface area contributed by atoms with Crippen molar-refractivity contribution >= 4 is 23.0 Å². The Kier molecular flexibility index (Phi) is 3.91. The number of para-hydroxylation sites is 1. The normalized spacial score (nSPS) is 12.0. The molecule has 1 N–H and O–H groups in total. The van der Waals surface area contributed by atoms with Gasteiger partial charge in [0.2, 0.25) is 0 Å². The van der Waals surface area contributed by atoms with Crippen LogP contribution in [0.4, 0.5) is 5.69 Å². The maximum atomic E-state index is 11.3. The lowest BCUT2D eigenvalue weighted by atomic mass is 9.97. The van der Waals surface area contributed by atoms with Crippen LogP contribution in [0.3, 0.4) is 0 Å². The number of hydrogen-bond acceptors (Lipinski definition) is 4. The Bertz CT molecular complexity index is 594. The Balaban J connectivity index is 2.33. The fourth-order valence-corrected chi connectivity index (χ4v) is 2.70. The summed E-state index contributed by atoms with van der Waals surface area (Å²) in [6.07, 6.45) is 0.118. The minimum absolute atomic E-state index is 0.0368. The number of carbonyl (C=O) groups is 1. The SMILES string of the molecule is O=C(O)C(Cc1ccccc1[N+](=O)[O-])c1cccs1. The van der Waals surface area contributed by atoms with E-state index in [9.17, 15) is 20.0 Å². The average Bonchev–Trinajstić information content (AvgIpc) is 2.89. The molecule has 2 rings (SSSR count). The lowest BCUT2D eigenvalue weighted by Crippen LogP contribution is -2.14. The predicted molar refractivity (Wildman–Crippen MR) is 71.5 cm³/mol. The zero-order valence-corrected chi connectivity index (χ0v) is 10.7. The zero-order chi connectivity index (χ0) is 13.8. The molecule has 1 unspecified atom stereocenters. The summed E-state index contributed by atoms with van der Waals surface area (Å²) in [6, 6.07) is 9.75. The molecule has 0 bridgehead atoms. The van der Waals surface area contributed by atoms with Gasteiger partial charge in [-0.05, 0) is 17.9 Å². The molecule has 0 aliphatic heterocycles. The van der Waals surface area contributed by atoms with Crippen molar-refractivity contribution in [1.82, 2.24) is 0 Å². The van der Waals surface area contributed by atoms with Crippen molar-refractivity contribution in [3.63, 3.8) is 0 Å². The van der Waals surface area contributed by atoms with E-state index >= 15 is 0 Å². The van der Waals surface area contributed by atoms with Gasteiger partial charge in [0, 0.05) is 16.5 Å². The number of rotatable bonds is 5. The second-order valence-electron chi connectivity index (χ2n) is 4.00. The molecule has 5 nitrogen and oxygen atoms in total. The fourth-order valence-electron chi connectivity index (χ4n) is 1.88. The van der Waals surface area contributed by atoms with Crippen molar-refractivity contribution in [3.8, 4) is 0 Å². The third-order valence-electron chi connectivity index (χ3n) is 2.80. The first kappa shape index (κ1) is 13.2. The minimum Gasteiger partial charge on any atom is -0.481 e. The van der Waals surface area contributed by atoms with Crippen LogP contribution in [0.25, 0.3) is 0 Å². The van der Waals surface area contributed by atoms with Crippen LogP contribution in [0.15, 0.2) is 41.8 Å². The highest BCUT2D eigenvalue weighted by Crippen LogP contribution is 2.29. The Morgan fingerprint density at radius 2 is 2.05 bits per heavy atom. The molecule has 2 aromatic rings. The topological polar surface area (TPSA) is 80.4 Å². The van der Waals surface area contributed by atoms with Crippen LogP contribution >= 0.6 is 11.3 Å². The molecule has 0 aliphatic carbocycles. The molecule has 19 heavy (non-hydrogen) atoms. The van der Waals surface area contributed by atoms with Crippen LogP contribution in [0.5, 0.6) is 0 Å². The number of nitro groups is 1. The molecule has 1 atom stereocenters. The molecule has 0 aliphatic rings. The third-order valence-corrected chi connectivity index (χ3v) is 3.78. The van der Waals surface area contributed by atoms with Crippen LogP contribution in [-0.2, 0) is 11.2 Å². The summed E-state index contributed by atoms with van der Waals surface area (Å²) in [7, 11) is 0. The zero-order valence-electron chi connectivity index (χ0n) is 9.85. The van der Waals surface area contributed by atoms with Gasteiger partial charge in [-0.15, -0.1) is 11.3 Å². The van der Waals surface area contributed by atoms with Gasteiger partial charge in [-0.2, -0.15) is 0 Å². The first-order valence-electron chi connectivity index (χ1n) is 5.58. The van der Waals surface area contributed by atoms with Gasteiger partial charge in [0.15, 0.2) is 0 Å². The maximum Gasteiger partial charge on any atom is 0.312 e. The maximum absolute atomic E-state index is 11.3. The van der Waals surface area contributed by atoms with Gasteiger partial charge in [0.05, 0.1) is 10.8 Å².